The Morgan fingerprint density at radius 3 is 2.67 bits per heavy atom. The number of methoxy groups -OCH3 is 2. The van der Waals surface area contributed by atoms with Crippen LogP contribution in [-0.4, -0.2) is 37.5 Å². The van der Waals surface area contributed by atoms with Crippen LogP contribution in [0.3, 0.4) is 0 Å². The summed E-state index contributed by atoms with van der Waals surface area (Å²) in [5, 5.41) is 0. The van der Waals surface area contributed by atoms with Crippen LogP contribution in [-0.2, 0) is 14.3 Å². The lowest BCUT2D eigenvalue weighted by atomic mass is 10.0. The van der Waals surface area contributed by atoms with Crippen LogP contribution in [0.1, 0.15) is 32.3 Å². The lowest BCUT2D eigenvalue weighted by molar-refractivity contribution is -0.136. The van der Waals surface area contributed by atoms with Crippen LogP contribution >= 0.6 is 0 Å². The maximum atomic E-state index is 12.8. The van der Waals surface area contributed by atoms with Crippen LogP contribution in [0.2, 0.25) is 0 Å². The van der Waals surface area contributed by atoms with Gasteiger partial charge in [-0.25, -0.2) is 4.79 Å². The molecule has 0 bridgehead atoms. The maximum absolute atomic E-state index is 12.8. The largest absolute Gasteiger partial charge is 0.497 e. The van der Waals surface area contributed by atoms with E-state index in [1.165, 1.54) is 7.11 Å². The van der Waals surface area contributed by atoms with Crippen LogP contribution in [0.4, 0.5) is 0 Å². The molecular formula is C19H23NO4. The van der Waals surface area contributed by atoms with E-state index in [1.54, 1.807) is 25.0 Å². The molecular weight excluding hydrogens is 306 g/mol. The van der Waals surface area contributed by atoms with Gasteiger partial charge < -0.3 is 14.4 Å². The fourth-order valence-corrected chi connectivity index (χ4v) is 2.71. The van der Waals surface area contributed by atoms with Gasteiger partial charge in [0.1, 0.15) is 5.75 Å². The van der Waals surface area contributed by atoms with Crippen LogP contribution in [0, 0.1) is 0 Å². The summed E-state index contributed by atoms with van der Waals surface area (Å²) < 4.78 is 10.1. The van der Waals surface area contributed by atoms with Crippen molar-refractivity contribution in [1.82, 2.24) is 4.90 Å². The van der Waals surface area contributed by atoms with E-state index in [0.29, 0.717) is 29.1 Å². The molecule has 2 rings (SSSR count). The monoisotopic (exact) mass is 329 g/mol. The Morgan fingerprint density at radius 2 is 2.04 bits per heavy atom. The fourth-order valence-electron chi connectivity index (χ4n) is 2.71. The third kappa shape index (κ3) is 3.50. The summed E-state index contributed by atoms with van der Waals surface area (Å²) in [5.41, 5.74) is 2.14. The number of allylic oxidation sites excluding steroid dienone is 1. The van der Waals surface area contributed by atoms with E-state index >= 15 is 0 Å². The number of hydrogen-bond acceptors (Lipinski definition) is 4. The standard InChI is InChI=1S/C19H23NO4/c1-5-6-10-20-13(2)17(19(22)24-4)16(18(20)21)12-14-8-7-9-15(11-14)23-3/h7-9,11-12H,5-6,10H2,1-4H3/b16-12+. The summed E-state index contributed by atoms with van der Waals surface area (Å²) in [6, 6.07) is 7.35. The van der Waals surface area contributed by atoms with Gasteiger partial charge in [0, 0.05) is 12.2 Å². The molecule has 1 aromatic carbocycles. The molecule has 128 valence electrons. The van der Waals surface area contributed by atoms with Gasteiger partial charge in [0.2, 0.25) is 0 Å². The number of carbonyl (C=O) groups is 2. The summed E-state index contributed by atoms with van der Waals surface area (Å²) in [5.74, 6) is 0.0381. The number of carbonyl (C=O) groups excluding carboxylic acids is 2. The lowest BCUT2D eigenvalue weighted by Gasteiger charge is -2.17. The first-order valence-corrected chi connectivity index (χ1v) is 8.00. The number of esters is 1. The second kappa shape index (κ2) is 7.81. The molecule has 1 heterocycles. The molecule has 0 atom stereocenters. The van der Waals surface area contributed by atoms with Crippen molar-refractivity contribution in [3.63, 3.8) is 0 Å². The van der Waals surface area contributed by atoms with Crippen LogP contribution in [0.25, 0.3) is 6.08 Å². The van der Waals surface area contributed by atoms with Crippen molar-refractivity contribution < 1.29 is 19.1 Å². The molecule has 0 radical (unpaired) electrons. The molecule has 1 amide bonds. The number of nitrogens with zero attached hydrogens (tertiary/aromatic N) is 1. The molecule has 0 spiro atoms. The predicted molar refractivity (Wildman–Crippen MR) is 92.3 cm³/mol. The van der Waals surface area contributed by atoms with E-state index in [-0.39, 0.29) is 5.91 Å². The second-order valence-electron chi connectivity index (χ2n) is 5.60. The molecule has 0 unspecified atom stereocenters. The molecule has 1 aromatic rings. The van der Waals surface area contributed by atoms with E-state index in [1.807, 2.05) is 24.3 Å². The zero-order chi connectivity index (χ0) is 17.7. The number of hydrogen-bond donors (Lipinski definition) is 0. The SMILES string of the molecule is CCCCN1C(=O)/C(=C/c2cccc(OC)c2)C(C(=O)OC)=C1C. The highest BCUT2D eigenvalue weighted by atomic mass is 16.5. The highest BCUT2D eigenvalue weighted by Crippen LogP contribution is 2.32. The number of benzene rings is 1. The highest BCUT2D eigenvalue weighted by molar-refractivity contribution is 6.16. The molecule has 24 heavy (non-hydrogen) atoms. The molecule has 1 aliphatic rings. The van der Waals surface area contributed by atoms with Crippen molar-refractivity contribution in [1.29, 1.82) is 0 Å². The summed E-state index contributed by atoms with van der Waals surface area (Å²) in [4.78, 5) is 26.6. The van der Waals surface area contributed by atoms with Gasteiger partial charge in [-0.3, -0.25) is 4.79 Å². The van der Waals surface area contributed by atoms with Crippen LogP contribution in [0.15, 0.2) is 41.1 Å². The first-order valence-electron chi connectivity index (χ1n) is 8.00. The molecule has 0 aliphatic carbocycles. The molecule has 0 N–H and O–H groups in total. The van der Waals surface area contributed by atoms with Gasteiger partial charge >= 0.3 is 5.97 Å². The zero-order valence-corrected chi connectivity index (χ0v) is 14.6. The Bertz CT molecular complexity index is 703. The van der Waals surface area contributed by atoms with Crippen molar-refractivity contribution >= 4 is 18.0 Å². The Labute approximate surface area is 142 Å². The van der Waals surface area contributed by atoms with Gasteiger partial charge in [-0.2, -0.15) is 0 Å². The van der Waals surface area contributed by atoms with E-state index in [2.05, 4.69) is 6.92 Å². The third-order valence-electron chi connectivity index (χ3n) is 4.04. The summed E-state index contributed by atoms with van der Waals surface area (Å²) in [6.45, 7) is 4.44. The topological polar surface area (TPSA) is 55.8 Å². The van der Waals surface area contributed by atoms with Crippen LogP contribution < -0.4 is 4.74 Å². The van der Waals surface area contributed by atoms with Crippen molar-refractivity contribution in [3.8, 4) is 5.75 Å². The Hall–Kier alpha value is -2.56. The van der Waals surface area contributed by atoms with E-state index in [0.717, 1.165) is 18.4 Å². The molecule has 0 saturated carbocycles. The Balaban J connectivity index is 2.47. The van der Waals surface area contributed by atoms with Crippen molar-refractivity contribution in [2.75, 3.05) is 20.8 Å². The molecule has 0 saturated heterocycles. The zero-order valence-electron chi connectivity index (χ0n) is 14.6. The highest BCUT2D eigenvalue weighted by Gasteiger charge is 2.36. The first-order chi connectivity index (χ1) is 11.5. The second-order valence-corrected chi connectivity index (χ2v) is 5.60. The van der Waals surface area contributed by atoms with Gasteiger partial charge in [-0.15, -0.1) is 0 Å². The molecule has 0 aromatic heterocycles. The quantitative estimate of drug-likeness (QED) is 0.594. The van der Waals surface area contributed by atoms with Gasteiger partial charge in [-0.1, -0.05) is 25.5 Å². The summed E-state index contributed by atoms with van der Waals surface area (Å²) in [7, 11) is 2.91. The Morgan fingerprint density at radius 1 is 1.29 bits per heavy atom. The average molecular weight is 329 g/mol. The van der Waals surface area contributed by atoms with E-state index in [4.69, 9.17) is 9.47 Å². The van der Waals surface area contributed by atoms with Gasteiger partial charge in [0.05, 0.1) is 25.4 Å². The van der Waals surface area contributed by atoms with Gasteiger partial charge in [0.25, 0.3) is 5.91 Å². The smallest absolute Gasteiger partial charge is 0.340 e. The molecule has 5 heteroatoms. The third-order valence-corrected chi connectivity index (χ3v) is 4.04. The minimum Gasteiger partial charge on any atom is -0.497 e. The fraction of sp³-hybridized carbons (Fsp3) is 0.368. The minimum absolute atomic E-state index is 0.163. The van der Waals surface area contributed by atoms with Crippen molar-refractivity contribution in [2.24, 2.45) is 0 Å². The van der Waals surface area contributed by atoms with Crippen molar-refractivity contribution in [2.45, 2.75) is 26.7 Å². The minimum atomic E-state index is -0.492. The predicted octanol–water partition coefficient (Wildman–Crippen LogP) is 3.17. The van der Waals surface area contributed by atoms with Crippen molar-refractivity contribution in [3.05, 3.63) is 46.7 Å². The number of amides is 1. The number of rotatable bonds is 6. The normalized spacial score (nSPS) is 16.1. The van der Waals surface area contributed by atoms with Gasteiger partial charge in [-0.05, 0) is 37.1 Å². The molecule has 5 nitrogen and oxygen atoms in total. The first kappa shape index (κ1) is 17.8. The number of unbranched alkanes of at least 4 members (excludes halogenated alkanes) is 1. The number of ether oxygens (including phenoxy) is 2. The van der Waals surface area contributed by atoms with Crippen LogP contribution in [0.5, 0.6) is 5.75 Å². The molecule has 0 fully saturated rings. The summed E-state index contributed by atoms with van der Waals surface area (Å²) in [6.07, 6.45) is 3.57. The Kier molecular flexibility index (Phi) is 5.79. The molecule has 1 aliphatic heterocycles. The van der Waals surface area contributed by atoms with E-state index in [9.17, 15) is 9.59 Å². The maximum Gasteiger partial charge on any atom is 0.340 e. The van der Waals surface area contributed by atoms with Gasteiger partial charge in [0.15, 0.2) is 0 Å². The summed E-state index contributed by atoms with van der Waals surface area (Å²) >= 11 is 0. The lowest BCUT2D eigenvalue weighted by Crippen LogP contribution is -2.26. The average Bonchev–Trinajstić information content (AvgIpc) is 2.83. The van der Waals surface area contributed by atoms with E-state index < -0.39 is 5.97 Å².